The van der Waals surface area contributed by atoms with E-state index in [0.717, 1.165) is 43.2 Å². The van der Waals surface area contributed by atoms with E-state index >= 15 is 0 Å². The number of benzene rings is 3. The summed E-state index contributed by atoms with van der Waals surface area (Å²) >= 11 is 1.85. The molecule has 0 aromatic heterocycles. The molecule has 4 aliphatic rings. The molecule has 2 aromatic carbocycles. The van der Waals surface area contributed by atoms with Gasteiger partial charge in [-0.3, -0.25) is 19.6 Å². The minimum absolute atomic E-state index is 0.0405. The lowest BCUT2D eigenvalue weighted by Gasteiger charge is -2.21. The molecule has 3 atom stereocenters. The number of urea groups is 1. The Bertz CT molecular complexity index is 2640. The summed E-state index contributed by atoms with van der Waals surface area (Å²) in [5.41, 5.74) is 3.56. The Balaban J connectivity index is 0.943. The number of nitrogens with two attached hydrogens (primary N) is 2. The maximum atomic E-state index is 13.1. The highest BCUT2D eigenvalue weighted by Crippen LogP contribution is 2.45. The molecule has 3 aliphatic heterocycles. The fourth-order valence-corrected chi connectivity index (χ4v) is 10.4. The van der Waals surface area contributed by atoms with Crippen LogP contribution < -0.4 is 37.8 Å². The van der Waals surface area contributed by atoms with Gasteiger partial charge in [-0.1, -0.05) is 12.5 Å². The number of aromatic carboxylic acids is 1. The van der Waals surface area contributed by atoms with Gasteiger partial charge in [-0.15, -0.1) is 0 Å². The predicted molar refractivity (Wildman–Crippen MR) is 224 cm³/mol. The van der Waals surface area contributed by atoms with Gasteiger partial charge in [-0.2, -0.15) is 20.2 Å². The van der Waals surface area contributed by atoms with Crippen molar-refractivity contribution in [3.63, 3.8) is 0 Å². The molecule has 0 saturated carbocycles. The van der Waals surface area contributed by atoms with Crippen LogP contribution in [0.15, 0.2) is 56.7 Å². The summed E-state index contributed by atoms with van der Waals surface area (Å²) in [6.45, 7) is 1.86. The van der Waals surface area contributed by atoms with Crippen LogP contribution in [0.1, 0.15) is 46.4 Å². The molecule has 340 valence electrons. The summed E-state index contributed by atoms with van der Waals surface area (Å²) in [6.07, 6.45) is 3.04. The number of fused-ring (bicyclic) bond motifs is 3. The number of carboxylic acids is 1. The van der Waals surface area contributed by atoms with Crippen LogP contribution in [0.2, 0.25) is 0 Å². The summed E-state index contributed by atoms with van der Waals surface area (Å²) in [6, 6.07) is 8.47. The zero-order valence-corrected chi connectivity index (χ0v) is 36.0. The zero-order chi connectivity index (χ0) is 45.5. The van der Waals surface area contributed by atoms with Gasteiger partial charge in [-0.05, 0) is 48.7 Å². The van der Waals surface area contributed by atoms with E-state index < -0.39 is 69.9 Å². The van der Waals surface area contributed by atoms with Gasteiger partial charge in [0, 0.05) is 58.7 Å². The summed E-state index contributed by atoms with van der Waals surface area (Å²) in [4.78, 5) is 47.3. The number of carbonyl (C=O) groups excluding carboxylic acids is 3. The van der Waals surface area contributed by atoms with Crippen LogP contribution in [0.3, 0.4) is 0 Å². The van der Waals surface area contributed by atoms with Crippen molar-refractivity contribution in [3.8, 4) is 22.5 Å². The maximum absolute atomic E-state index is 13.1. The number of hydrogen-bond donors (Lipinski definition) is 8. The Morgan fingerprint density at radius 3 is 2.24 bits per heavy atom. The Hall–Kier alpha value is -5.34. The third-order valence-corrected chi connectivity index (χ3v) is 13.6. The normalized spacial score (nSPS) is 17.4. The Morgan fingerprint density at radius 2 is 1.57 bits per heavy atom. The Morgan fingerprint density at radius 1 is 0.905 bits per heavy atom. The number of nitrogen functional groups attached to an aromatic ring is 1. The van der Waals surface area contributed by atoms with Crippen LogP contribution in [0.25, 0.3) is 33.4 Å². The molecule has 4 amide bonds. The number of carbonyl (C=O) groups is 4. The van der Waals surface area contributed by atoms with Crippen molar-refractivity contribution >= 4 is 72.5 Å². The first kappa shape index (κ1) is 47.1. The monoisotopic (exact) mass is 934 g/mol. The molecule has 0 bridgehead atoms. The first-order chi connectivity index (χ1) is 30.0. The molecule has 0 radical (unpaired) electrons. The number of carboxylic acid groups (broad SMARTS) is 1. The van der Waals surface area contributed by atoms with E-state index in [1.165, 1.54) is 24.3 Å². The fourth-order valence-electron chi connectivity index (χ4n) is 7.40. The summed E-state index contributed by atoms with van der Waals surface area (Å²) in [5, 5.41) is 27.2. The second kappa shape index (κ2) is 20.4. The van der Waals surface area contributed by atoms with E-state index in [-0.39, 0.29) is 78.0 Å². The lowest BCUT2D eigenvalue weighted by Crippen LogP contribution is -2.47. The molecular formula is C39H46N6O15S3. The number of ether oxygens (including phenoxy) is 3. The smallest absolute Gasteiger partial charge is 0.336 e. The molecule has 1 aliphatic carbocycles. The van der Waals surface area contributed by atoms with Gasteiger partial charge in [0.15, 0.2) is 11.3 Å². The largest absolute Gasteiger partial charge is 0.744 e. The average Bonchev–Trinajstić information content (AvgIpc) is 3.77. The van der Waals surface area contributed by atoms with Gasteiger partial charge in [0.2, 0.25) is 16.2 Å². The lowest BCUT2D eigenvalue weighted by molar-refractivity contribution is -0.176. The van der Waals surface area contributed by atoms with Crippen LogP contribution in [0, 0.1) is 0 Å². The van der Waals surface area contributed by atoms with Crippen LogP contribution in [-0.2, 0) is 39.2 Å². The molecule has 6 rings (SSSR count). The van der Waals surface area contributed by atoms with E-state index in [1.54, 1.807) is 0 Å². The third kappa shape index (κ3) is 11.4. The molecule has 3 heterocycles. The molecule has 0 spiro atoms. The van der Waals surface area contributed by atoms with Crippen molar-refractivity contribution in [3.05, 3.63) is 58.9 Å². The molecule has 3 unspecified atom stereocenters. The van der Waals surface area contributed by atoms with E-state index in [1.807, 2.05) is 11.8 Å². The fraction of sp³-hybridized carbons (Fsp3) is 0.410. The molecular weight excluding hydrogens is 889 g/mol. The summed E-state index contributed by atoms with van der Waals surface area (Å²) < 4.78 is 94.1. The minimum Gasteiger partial charge on any atom is -0.744 e. The summed E-state index contributed by atoms with van der Waals surface area (Å²) in [7, 11) is -10.5. The topological polar surface area (TPSA) is 341 Å². The first-order valence-electron chi connectivity index (χ1n) is 19.6. The third-order valence-electron chi connectivity index (χ3n) is 10.2. The SMILES string of the molecule is Nc1ccc2c(-c3ccc(C(=O)NCCOCCOCCOCCNC(=O)CCCCC4SCC5NC(=O)NC54)cc3C(=O)O)c3ccc(=[NH2+])c(S(=O)(=O)O)c-3oc2c1S(=O)(=O)[O-]. The standard InChI is InChI=1S/C39H46N6O15S3/c40-26-9-7-23-31(24-8-10-27(41)36(63(54,55)56)34(24)60-33(23)35(26)62(51,52)53)22-6-5-21(19-25(22)38(48)49)37(47)43-12-14-58-16-18-59-17-15-57-13-11-42-30(46)4-2-1-3-29-32-28(20-61-29)44-39(50)45-32/h5-10,19,28-29,32,40H,1-4,11-18,20,41H2,(H,42,46)(H,43,47)(H,48,49)(H2,44,45,50)(H,51,52,53)(H,54,55,56). The van der Waals surface area contributed by atoms with Crippen molar-refractivity contribution in [1.82, 2.24) is 21.3 Å². The molecule has 63 heavy (non-hydrogen) atoms. The van der Waals surface area contributed by atoms with Crippen LogP contribution >= 0.6 is 11.8 Å². The minimum atomic E-state index is -5.38. The van der Waals surface area contributed by atoms with Crippen molar-refractivity contribution in [2.24, 2.45) is 0 Å². The molecule has 10 N–H and O–H groups in total. The van der Waals surface area contributed by atoms with Gasteiger partial charge in [-0.25, -0.2) is 18.0 Å². The van der Waals surface area contributed by atoms with Crippen molar-refractivity contribution < 1.29 is 74.3 Å². The van der Waals surface area contributed by atoms with Crippen LogP contribution in [-0.4, -0.2) is 131 Å². The van der Waals surface area contributed by atoms with Gasteiger partial charge in [0.1, 0.15) is 15.0 Å². The van der Waals surface area contributed by atoms with Crippen molar-refractivity contribution in [1.29, 1.82) is 0 Å². The quantitative estimate of drug-likeness (QED) is 0.0168. The molecule has 2 saturated heterocycles. The van der Waals surface area contributed by atoms with Gasteiger partial charge < -0.3 is 55.3 Å². The van der Waals surface area contributed by atoms with E-state index in [0.29, 0.717) is 38.0 Å². The van der Waals surface area contributed by atoms with E-state index in [9.17, 15) is 50.2 Å². The number of anilines is 1. The highest BCUT2D eigenvalue weighted by atomic mass is 32.2. The zero-order valence-electron chi connectivity index (χ0n) is 33.5. The van der Waals surface area contributed by atoms with Crippen molar-refractivity contribution in [2.75, 3.05) is 64.2 Å². The second-order valence-electron chi connectivity index (χ2n) is 14.5. The number of amides is 4. The van der Waals surface area contributed by atoms with Gasteiger partial charge in [0.05, 0.1) is 63.0 Å². The van der Waals surface area contributed by atoms with E-state index in [2.05, 4.69) is 21.3 Å². The maximum Gasteiger partial charge on any atom is 0.336 e. The predicted octanol–water partition coefficient (Wildman–Crippen LogP) is -0.0828. The highest BCUT2D eigenvalue weighted by molar-refractivity contribution is 8.00. The Kier molecular flexibility index (Phi) is 15.3. The second-order valence-corrected chi connectivity index (χ2v) is 18.5. The van der Waals surface area contributed by atoms with Gasteiger partial charge in [0.25, 0.3) is 5.91 Å². The lowest BCUT2D eigenvalue weighted by atomic mass is 9.89. The number of rotatable bonds is 22. The summed E-state index contributed by atoms with van der Waals surface area (Å²) in [5.74, 6) is -2.03. The van der Waals surface area contributed by atoms with E-state index in [4.69, 9.17) is 29.8 Å². The van der Waals surface area contributed by atoms with Crippen LogP contribution in [0.4, 0.5) is 10.5 Å². The average molecular weight is 935 g/mol. The Labute approximate surface area is 365 Å². The number of nitrogens with one attached hydrogen (secondary N) is 4. The van der Waals surface area contributed by atoms with Crippen molar-refractivity contribution in [2.45, 2.75) is 52.8 Å². The molecule has 2 fully saturated rings. The highest BCUT2D eigenvalue weighted by Gasteiger charge is 2.42. The van der Waals surface area contributed by atoms with Gasteiger partial charge >= 0.3 is 22.1 Å². The molecule has 2 aromatic rings. The molecule has 24 heteroatoms. The molecule has 21 nitrogen and oxygen atoms in total. The first-order valence-corrected chi connectivity index (χ1v) is 23.5. The van der Waals surface area contributed by atoms with Crippen LogP contribution in [0.5, 0.6) is 0 Å². The number of hydrogen-bond acceptors (Lipinski definition) is 15. The number of unbranched alkanes of at least 4 members (excludes halogenated alkanes) is 1. The number of thioether (sulfide) groups is 1.